The first-order chi connectivity index (χ1) is 12.5. The van der Waals surface area contributed by atoms with Crippen LogP contribution < -0.4 is 11.1 Å². The van der Waals surface area contributed by atoms with Crippen molar-refractivity contribution in [1.29, 1.82) is 0 Å². The molecule has 3 rings (SSSR count). The highest BCUT2D eigenvalue weighted by Crippen LogP contribution is 2.22. The molecule has 0 aromatic carbocycles. The Morgan fingerprint density at radius 2 is 2.15 bits per heavy atom. The molecule has 0 atom stereocenters. The molecule has 3 N–H and O–H groups in total. The molecule has 3 heterocycles. The first-order valence-corrected chi connectivity index (χ1v) is 8.31. The lowest BCUT2D eigenvalue weighted by Crippen LogP contribution is -2.22. The Morgan fingerprint density at radius 1 is 1.31 bits per heavy atom. The summed E-state index contributed by atoms with van der Waals surface area (Å²) in [5.41, 5.74) is 5.39. The lowest BCUT2D eigenvalue weighted by molar-refractivity contribution is -0.119. The Labute approximate surface area is 151 Å². The zero-order chi connectivity index (χ0) is 18.5. The van der Waals surface area contributed by atoms with Crippen molar-refractivity contribution >= 4 is 34.1 Å². The summed E-state index contributed by atoms with van der Waals surface area (Å²) < 4.78 is 11.9. The van der Waals surface area contributed by atoms with Gasteiger partial charge in [0.25, 0.3) is 11.8 Å². The maximum absolute atomic E-state index is 12.0. The summed E-state index contributed by atoms with van der Waals surface area (Å²) in [7, 11) is 0. The van der Waals surface area contributed by atoms with Gasteiger partial charge in [0.2, 0.25) is 5.76 Å². The predicted octanol–water partition coefficient (Wildman–Crippen LogP) is 1.48. The van der Waals surface area contributed by atoms with E-state index in [-0.39, 0.29) is 11.3 Å². The molecule has 0 radical (unpaired) electrons. The van der Waals surface area contributed by atoms with Crippen molar-refractivity contribution < 1.29 is 23.5 Å². The molecule has 0 fully saturated rings. The number of rotatable bonds is 7. The van der Waals surface area contributed by atoms with Crippen LogP contribution in [0.5, 0.6) is 0 Å². The first-order valence-electron chi connectivity index (χ1n) is 7.43. The largest absolute Gasteiger partial charge is 0.452 e. The fourth-order valence-corrected chi connectivity index (χ4v) is 2.90. The number of primary amides is 1. The summed E-state index contributed by atoms with van der Waals surface area (Å²) in [6.45, 7) is -0.154. The van der Waals surface area contributed by atoms with Crippen LogP contribution in [0.15, 0.2) is 46.5 Å². The van der Waals surface area contributed by atoms with Crippen molar-refractivity contribution in [2.45, 2.75) is 6.54 Å². The van der Waals surface area contributed by atoms with E-state index >= 15 is 0 Å². The summed E-state index contributed by atoms with van der Waals surface area (Å²) in [5.74, 6) is -1.51. The van der Waals surface area contributed by atoms with Crippen molar-refractivity contribution in [3.05, 3.63) is 59.1 Å². The van der Waals surface area contributed by atoms with E-state index in [1.807, 2.05) is 0 Å². The number of carbonyl (C=O) groups excluding carboxylic acids is 3. The molecule has 0 spiro atoms. The van der Waals surface area contributed by atoms with Crippen LogP contribution in [-0.2, 0) is 16.1 Å². The molecule has 2 amide bonds. The van der Waals surface area contributed by atoms with E-state index in [0.717, 1.165) is 11.3 Å². The molecular weight excluding hydrogens is 360 g/mol. The van der Waals surface area contributed by atoms with E-state index in [9.17, 15) is 14.4 Å². The molecule has 0 bridgehead atoms. The standard InChI is InChI=1S/C16H14N4O5S/c17-14(22)11-4-7-26-15(11)19-13(21)9-24-16(23)12-3-2-10(25-12)8-20-6-1-5-18-20/h1-7H,8-9H2,(H2,17,22)(H,19,21). The van der Waals surface area contributed by atoms with Gasteiger partial charge in [-0.25, -0.2) is 4.79 Å². The second kappa shape index (κ2) is 7.66. The number of hydrogen-bond donors (Lipinski definition) is 2. The molecule has 0 aliphatic carbocycles. The number of nitrogens with two attached hydrogens (primary N) is 1. The zero-order valence-electron chi connectivity index (χ0n) is 13.4. The van der Waals surface area contributed by atoms with Crippen molar-refractivity contribution in [2.24, 2.45) is 5.73 Å². The average Bonchev–Trinajstić information content (AvgIpc) is 3.34. The molecule has 0 unspecified atom stereocenters. The van der Waals surface area contributed by atoms with Crippen molar-refractivity contribution in [3.63, 3.8) is 0 Å². The van der Waals surface area contributed by atoms with Gasteiger partial charge in [-0.3, -0.25) is 14.3 Å². The summed E-state index contributed by atoms with van der Waals surface area (Å²) in [5, 5.41) is 8.43. The smallest absolute Gasteiger partial charge is 0.374 e. The molecule has 0 aliphatic rings. The molecular formula is C16H14N4O5S. The number of carbonyl (C=O) groups is 3. The molecule has 134 valence electrons. The van der Waals surface area contributed by atoms with Crippen molar-refractivity contribution in [1.82, 2.24) is 9.78 Å². The number of thiophene rings is 1. The number of nitrogens with one attached hydrogen (secondary N) is 1. The van der Waals surface area contributed by atoms with Crippen LogP contribution in [0.4, 0.5) is 5.00 Å². The number of nitrogens with zero attached hydrogens (tertiary/aromatic N) is 2. The summed E-state index contributed by atoms with van der Waals surface area (Å²) >= 11 is 1.14. The monoisotopic (exact) mass is 374 g/mol. The van der Waals surface area contributed by atoms with Gasteiger partial charge >= 0.3 is 5.97 Å². The van der Waals surface area contributed by atoms with Gasteiger partial charge in [-0.05, 0) is 29.6 Å². The molecule has 0 saturated carbocycles. The minimum atomic E-state index is -0.770. The normalized spacial score (nSPS) is 10.5. The second-order valence-electron chi connectivity index (χ2n) is 5.12. The molecule has 3 aromatic heterocycles. The molecule has 0 aliphatic heterocycles. The quantitative estimate of drug-likeness (QED) is 0.603. The maximum atomic E-state index is 12.0. The lowest BCUT2D eigenvalue weighted by Gasteiger charge is -2.05. The highest BCUT2D eigenvalue weighted by atomic mass is 32.1. The van der Waals surface area contributed by atoms with Crippen LogP contribution in [0, 0.1) is 0 Å². The third kappa shape index (κ3) is 4.16. The molecule has 26 heavy (non-hydrogen) atoms. The maximum Gasteiger partial charge on any atom is 0.374 e. The minimum absolute atomic E-state index is 0.0195. The van der Waals surface area contributed by atoms with Crippen molar-refractivity contribution in [2.75, 3.05) is 11.9 Å². The van der Waals surface area contributed by atoms with Crippen LogP contribution in [0.1, 0.15) is 26.7 Å². The van der Waals surface area contributed by atoms with E-state index in [1.165, 1.54) is 12.1 Å². The number of esters is 1. The Bertz CT molecular complexity index is 928. The van der Waals surface area contributed by atoms with E-state index in [0.29, 0.717) is 17.3 Å². The van der Waals surface area contributed by atoms with E-state index in [2.05, 4.69) is 10.4 Å². The van der Waals surface area contributed by atoms with Crippen LogP contribution in [-0.4, -0.2) is 34.2 Å². The summed E-state index contributed by atoms with van der Waals surface area (Å²) in [6, 6.07) is 6.36. The van der Waals surface area contributed by atoms with Crippen molar-refractivity contribution in [3.8, 4) is 0 Å². The van der Waals surface area contributed by atoms with E-state index in [4.69, 9.17) is 14.9 Å². The topological polar surface area (TPSA) is 129 Å². The van der Waals surface area contributed by atoms with Gasteiger partial charge in [-0.1, -0.05) is 0 Å². The highest BCUT2D eigenvalue weighted by Gasteiger charge is 2.17. The van der Waals surface area contributed by atoms with E-state index in [1.54, 1.807) is 34.6 Å². The molecule has 0 saturated heterocycles. The van der Waals surface area contributed by atoms with Crippen LogP contribution >= 0.6 is 11.3 Å². The number of aromatic nitrogens is 2. The number of ether oxygens (including phenoxy) is 1. The Morgan fingerprint density at radius 3 is 2.88 bits per heavy atom. The zero-order valence-corrected chi connectivity index (χ0v) is 14.2. The fraction of sp³-hybridized carbons (Fsp3) is 0.125. The van der Waals surface area contributed by atoms with Gasteiger partial charge in [-0.15, -0.1) is 11.3 Å². The summed E-state index contributed by atoms with van der Waals surface area (Å²) in [4.78, 5) is 35.0. The van der Waals surface area contributed by atoms with Gasteiger partial charge in [0.05, 0.1) is 12.1 Å². The Balaban J connectivity index is 1.52. The van der Waals surface area contributed by atoms with Gasteiger partial charge in [0.15, 0.2) is 6.61 Å². The van der Waals surface area contributed by atoms with Crippen LogP contribution in [0.3, 0.4) is 0 Å². The third-order valence-corrected chi connectivity index (χ3v) is 4.09. The lowest BCUT2D eigenvalue weighted by atomic mass is 10.3. The van der Waals surface area contributed by atoms with Crippen LogP contribution in [0.25, 0.3) is 0 Å². The molecule has 10 heteroatoms. The number of hydrogen-bond acceptors (Lipinski definition) is 7. The Hall–Kier alpha value is -3.40. The van der Waals surface area contributed by atoms with Gasteiger partial charge in [0.1, 0.15) is 10.8 Å². The number of amides is 2. The second-order valence-corrected chi connectivity index (χ2v) is 6.04. The molecule has 3 aromatic rings. The predicted molar refractivity (Wildman–Crippen MR) is 91.8 cm³/mol. The minimum Gasteiger partial charge on any atom is -0.452 e. The first kappa shape index (κ1) is 17.4. The average molecular weight is 374 g/mol. The van der Waals surface area contributed by atoms with Crippen LogP contribution in [0.2, 0.25) is 0 Å². The van der Waals surface area contributed by atoms with Gasteiger partial charge < -0.3 is 20.2 Å². The van der Waals surface area contributed by atoms with E-state index < -0.39 is 24.4 Å². The third-order valence-electron chi connectivity index (χ3n) is 3.26. The number of anilines is 1. The Kier molecular flexibility index (Phi) is 5.13. The van der Waals surface area contributed by atoms with Gasteiger partial charge in [-0.2, -0.15) is 5.10 Å². The summed E-state index contributed by atoms with van der Waals surface area (Å²) in [6.07, 6.45) is 3.39. The molecule has 9 nitrogen and oxygen atoms in total. The number of furan rings is 1. The SMILES string of the molecule is NC(=O)c1ccsc1NC(=O)COC(=O)c1ccc(Cn2cccn2)o1. The van der Waals surface area contributed by atoms with Gasteiger partial charge in [0, 0.05) is 12.4 Å². The fourth-order valence-electron chi connectivity index (χ4n) is 2.09. The highest BCUT2D eigenvalue weighted by molar-refractivity contribution is 7.14.